The lowest BCUT2D eigenvalue weighted by Gasteiger charge is -2.46. The molecule has 8 heteroatoms. The number of ketones is 1. The average Bonchev–Trinajstić information content (AvgIpc) is 3.36. The standard InChI is InChI=1S/C28H32N2O6/c1-19(31)21-9-11-26-28(36-23-7-5-4-6-22(23)30(21)26)12-14-29(15-13-28)27(32)20-8-10-24(25(18-20)34-3)35-17-16-33-2/h4,6,8-11,18H,5,7,12-17H2,1-3H3. The fraction of sp³-hybridized carbons (Fsp3) is 0.429. The number of nitrogens with zero attached hydrogens (tertiary/aromatic N) is 2. The zero-order valence-electron chi connectivity index (χ0n) is 21.0. The first kappa shape index (κ1) is 24.2. The van der Waals surface area contributed by atoms with Crippen LogP contribution < -0.4 is 9.47 Å². The number of ether oxygens (including phenoxy) is 4. The van der Waals surface area contributed by atoms with Gasteiger partial charge in [0.15, 0.2) is 22.9 Å². The van der Waals surface area contributed by atoms with Crippen molar-refractivity contribution in [2.75, 3.05) is 40.5 Å². The zero-order chi connectivity index (χ0) is 25.3. The number of benzene rings is 1. The Bertz CT molecular complexity index is 1230. The molecule has 2 aromatic rings. The van der Waals surface area contributed by atoms with Gasteiger partial charge in [-0.05, 0) is 42.8 Å². The van der Waals surface area contributed by atoms with E-state index in [0.29, 0.717) is 61.9 Å². The molecular formula is C28H32N2O6. The monoisotopic (exact) mass is 492 g/mol. The number of Topliss-reactive ketones (excluding diaryl/α,β-unsaturated/α-hetero) is 1. The summed E-state index contributed by atoms with van der Waals surface area (Å²) in [7, 11) is 3.18. The maximum atomic E-state index is 13.4. The van der Waals surface area contributed by atoms with Gasteiger partial charge in [-0.3, -0.25) is 9.59 Å². The minimum Gasteiger partial charge on any atom is -0.493 e. The van der Waals surface area contributed by atoms with Crippen LogP contribution in [0.25, 0.3) is 5.70 Å². The van der Waals surface area contributed by atoms with Crippen LogP contribution >= 0.6 is 0 Å². The SMILES string of the molecule is COCCOc1ccc(C(=O)N2CCC3(CC2)OC2=C(C=CCC2)n2c(C(C)=O)ccc23)cc1OC. The van der Waals surface area contributed by atoms with E-state index < -0.39 is 5.60 Å². The number of hydrogen-bond acceptors (Lipinski definition) is 6. The third kappa shape index (κ3) is 4.19. The van der Waals surface area contributed by atoms with Gasteiger partial charge in [-0.1, -0.05) is 6.08 Å². The van der Waals surface area contributed by atoms with Gasteiger partial charge in [0, 0.05) is 51.9 Å². The molecule has 1 aromatic carbocycles. The molecule has 1 amide bonds. The minimum absolute atomic E-state index is 0.0281. The Balaban J connectivity index is 1.35. The van der Waals surface area contributed by atoms with Crippen LogP contribution in [0.4, 0.5) is 0 Å². The number of fused-ring (bicyclic) bond motifs is 3. The molecule has 1 fully saturated rings. The highest BCUT2D eigenvalue weighted by molar-refractivity contribution is 5.95. The molecule has 3 heterocycles. The summed E-state index contributed by atoms with van der Waals surface area (Å²) >= 11 is 0. The van der Waals surface area contributed by atoms with E-state index >= 15 is 0 Å². The van der Waals surface area contributed by atoms with Crippen LogP contribution in [0.15, 0.2) is 48.2 Å². The molecule has 1 saturated heterocycles. The Kier molecular flexibility index (Phi) is 6.62. The highest BCUT2D eigenvalue weighted by Crippen LogP contribution is 2.47. The smallest absolute Gasteiger partial charge is 0.253 e. The summed E-state index contributed by atoms with van der Waals surface area (Å²) in [5, 5.41) is 0. The Morgan fingerprint density at radius 1 is 1.06 bits per heavy atom. The van der Waals surface area contributed by atoms with Gasteiger partial charge in [-0.15, -0.1) is 0 Å². The Morgan fingerprint density at radius 3 is 2.58 bits per heavy atom. The lowest BCUT2D eigenvalue weighted by Crippen LogP contribution is -2.48. The van der Waals surface area contributed by atoms with Gasteiger partial charge in [0.1, 0.15) is 12.4 Å². The number of methoxy groups -OCH3 is 2. The lowest BCUT2D eigenvalue weighted by molar-refractivity contribution is -0.0600. The quantitative estimate of drug-likeness (QED) is 0.421. The molecular weight excluding hydrogens is 460 g/mol. The van der Waals surface area contributed by atoms with Crippen molar-refractivity contribution in [3.05, 3.63) is 65.2 Å². The van der Waals surface area contributed by atoms with E-state index in [1.165, 1.54) is 0 Å². The maximum Gasteiger partial charge on any atom is 0.253 e. The van der Waals surface area contributed by atoms with E-state index in [-0.39, 0.29) is 11.7 Å². The van der Waals surface area contributed by atoms with Crippen molar-refractivity contribution >= 4 is 17.4 Å². The average molecular weight is 493 g/mol. The second kappa shape index (κ2) is 9.85. The van der Waals surface area contributed by atoms with Crippen molar-refractivity contribution < 1.29 is 28.5 Å². The van der Waals surface area contributed by atoms with Crippen LogP contribution in [0.2, 0.25) is 0 Å². The predicted octanol–water partition coefficient (Wildman–Crippen LogP) is 4.40. The number of aromatic nitrogens is 1. The van der Waals surface area contributed by atoms with Gasteiger partial charge < -0.3 is 28.4 Å². The van der Waals surface area contributed by atoms with Gasteiger partial charge in [-0.2, -0.15) is 0 Å². The molecule has 0 saturated carbocycles. The van der Waals surface area contributed by atoms with Gasteiger partial charge in [-0.25, -0.2) is 0 Å². The molecule has 0 N–H and O–H groups in total. The Morgan fingerprint density at radius 2 is 1.86 bits per heavy atom. The van der Waals surface area contributed by atoms with E-state index in [1.54, 1.807) is 39.3 Å². The molecule has 5 rings (SSSR count). The van der Waals surface area contributed by atoms with E-state index in [0.717, 1.165) is 30.0 Å². The van der Waals surface area contributed by atoms with Gasteiger partial charge in [0.2, 0.25) is 0 Å². The van der Waals surface area contributed by atoms with Crippen molar-refractivity contribution in [1.82, 2.24) is 9.47 Å². The van der Waals surface area contributed by atoms with E-state index in [4.69, 9.17) is 18.9 Å². The van der Waals surface area contributed by atoms with Crippen molar-refractivity contribution in [3.8, 4) is 11.5 Å². The molecule has 36 heavy (non-hydrogen) atoms. The summed E-state index contributed by atoms with van der Waals surface area (Å²) in [6.45, 7) is 3.56. The molecule has 1 aromatic heterocycles. The van der Waals surface area contributed by atoms with Crippen LogP contribution in [0.3, 0.4) is 0 Å². The second-order valence-corrected chi connectivity index (χ2v) is 9.34. The Hall–Kier alpha value is -3.52. The summed E-state index contributed by atoms with van der Waals surface area (Å²) in [4.78, 5) is 27.6. The zero-order valence-corrected chi connectivity index (χ0v) is 21.0. The molecule has 0 bridgehead atoms. The topological polar surface area (TPSA) is 79.2 Å². The van der Waals surface area contributed by atoms with E-state index in [2.05, 4.69) is 16.7 Å². The summed E-state index contributed by atoms with van der Waals surface area (Å²) < 4.78 is 24.9. The predicted molar refractivity (Wildman–Crippen MR) is 134 cm³/mol. The molecule has 0 radical (unpaired) electrons. The molecule has 1 spiro atoms. The van der Waals surface area contributed by atoms with Crippen LogP contribution in [-0.2, 0) is 15.1 Å². The summed E-state index contributed by atoms with van der Waals surface area (Å²) in [6.07, 6.45) is 7.20. The fourth-order valence-corrected chi connectivity index (χ4v) is 5.31. The third-order valence-corrected chi connectivity index (χ3v) is 7.18. The van der Waals surface area contributed by atoms with Gasteiger partial charge in [0.25, 0.3) is 5.91 Å². The molecule has 1 aliphatic carbocycles. The van der Waals surface area contributed by atoms with Crippen LogP contribution in [-0.4, -0.2) is 61.7 Å². The minimum atomic E-state index is -0.550. The third-order valence-electron chi connectivity index (χ3n) is 7.18. The van der Waals surface area contributed by atoms with Crippen molar-refractivity contribution in [1.29, 1.82) is 0 Å². The number of amides is 1. The lowest BCUT2D eigenvalue weighted by atomic mass is 9.85. The van der Waals surface area contributed by atoms with Crippen molar-refractivity contribution in [3.63, 3.8) is 0 Å². The van der Waals surface area contributed by atoms with E-state index in [1.807, 2.05) is 17.0 Å². The summed E-state index contributed by atoms with van der Waals surface area (Å²) in [5.41, 5.74) is 2.62. The van der Waals surface area contributed by atoms with Crippen LogP contribution in [0, 0.1) is 0 Å². The van der Waals surface area contributed by atoms with Crippen molar-refractivity contribution in [2.45, 2.75) is 38.2 Å². The number of hydrogen-bond donors (Lipinski definition) is 0. The van der Waals surface area contributed by atoms with Crippen molar-refractivity contribution in [2.24, 2.45) is 0 Å². The van der Waals surface area contributed by atoms with Crippen LogP contribution in [0.5, 0.6) is 11.5 Å². The fourth-order valence-electron chi connectivity index (χ4n) is 5.31. The van der Waals surface area contributed by atoms with Crippen LogP contribution in [0.1, 0.15) is 59.1 Å². The molecule has 190 valence electrons. The first-order chi connectivity index (χ1) is 17.5. The largest absolute Gasteiger partial charge is 0.493 e. The molecule has 3 aliphatic rings. The maximum absolute atomic E-state index is 13.4. The molecule has 0 unspecified atom stereocenters. The number of carbonyl (C=O) groups is 2. The summed E-state index contributed by atoms with van der Waals surface area (Å²) in [5.74, 6) is 1.99. The molecule has 8 nitrogen and oxygen atoms in total. The summed E-state index contributed by atoms with van der Waals surface area (Å²) in [6, 6.07) is 9.15. The van der Waals surface area contributed by atoms with Gasteiger partial charge >= 0.3 is 0 Å². The van der Waals surface area contributed by atoms with E-state index in [9.17, 15) is 9.59 Å². The molecule has 2 aliphatic heterocycles. The first-order valence-corrected chi connectivity index (χ1v) is 12.4. The van der Waals surface area contributed by atoms with Gasteiger partial charge in [0.05, 0.1) is 30.8 Å². The number of carbonyl (C=O) groups excluding carboxylic acids is 2. The normalized spacial score (nSPS) is 17.9. The second-order valence-electron chi connectivity index (χ2n) is 9.34. The highest BCUT2D eigenvalue weighted by atomic mass is 16.5. The first-order valence-electron chi connectivity index (χ1n) is 12.4. The number of allylic oxidation sites excluding steroid dienone is 4. The molecule has 0 atom stereocenters. The number of piperidine rings is 1. The number of rotatable bonds is 7. The Labute approximate surface area is 211 Å². The number of likely N-dealkylation sites (tertiary alicyclic amines) is 1. The highest BCUT2D eigenvalue weighted by Gasteiger charge is 2.46.